The monoisotopic (exact) mass is 301 g/mol. The molecule has 0 bridgehead atoms. The molecular weight excluding hydrogens is 274 g/mol. The number of aryl methyl sites for hydroxylation is 1. The Kier molecular flexibility index (Phi) is 6.50. The number of nitrogens with one attached hydrogen (secondary N) is 1. The van der Waals surface area contributed by atoms with Crippen LogP contribution in [0.2, 0.25) is 0 Å². The summed E-state index contributed by atoms with van der Waals surface area (Å²) in [7, 11) is 0. The number of carbonyl (C=O) groups excluding carboxylic acids is 1. The van der Waals surface area contributed by atoms with Crippen LogP contribution in [0, 0.1) is 0 Å². The summed E-state index contributed by atoms with van der Waals surface area (Å²) in [4.78, 5) is 11.6. The van der Waals surface area contributed by atoms with Gasteiger partial charge in [-0.15, -0.1) is 0 Å². The summed E-state index contributed by atoms with van der Waals surface area (Å²) in [6.45, 7) is 4.99. The standard InChI is InChI=1S/C19H27NO2/c1-3-5-7-15-9-10-18-17(13-15)16(14-22-18)11-12-20-19(21)8-6-4-2/h9-10,13-14H,3-8,11-12H2,1-2H3,(H,20,21). The van der Waals surface area contributed by atoms with E-state index in [4.69, 9.17) is 4.42 Å². The first kappa shape index (κ1) is 16.6. The van der Waals surface area contributed by atoms with E-state index in [1.165, 1.54) is 29.4 Å². The molecule has 1 aromatic heterocycles. The van der Waals surface area contributed by atoms with Crippen molar-refractivity contribution < 1.29 is 9.21 Å². The first-order chi connectivity index (χ1) is 10.7. The SMILES string of the molecule is CCCCC(=O)NCCc1coc2ccc(CCCC)cc12. The molecule has 0 aliphatic heterocycles. The molecule has 0 aliphatic carbocycles. The van der Waals surface area contributed by atoms with Crippen molar-refractivity contribution in [1.29, 1.82) is 0 Å². The summed E-state index contributed by atoms with van der Waals surface area (Å²) in [6, 6.07) is 6.45. The normalized spacial score (nSPS) is 11.0. The van der Waals surface area contributed by atoms with Crippen LogP contribution in [0.25, 0.3) is 11.0 Å². The number of furan rings is 1. The third-order valence-electron chi connectivity index (χ3n) is 4.01. The second-order valence-corrected chi connectivity index (χ2v) is 5.90. The van der Waals surface area contributed by atoms with Gasteiger partial charge in [-0.2, -0.15) is 0 Å². The van der Waals surface area contributed by atoms with Gasteiger partial charge < -0.3 is 9.73 Å². The molecule has 2 rings (SSSR count). The highest BCUT2D eigenvalue weighted by atomic mass is 16.3. The molecule has 0 saturated heterocycles. The number of fused-ring (bicyclic) bond motifs is 1. The average molecular weight is 301 g/mol. The van der Waals surface area contributed by atoms with Crippen molar-refractivity contribution in [3.8, 4) is 0 Å². The van der Waals surface area contributed by atoms with E-state index in [1.54, 1.807) is 0 Å². The van der Waals surface area contributed by atoms with Gasteiger partial charge in [-0.3, -0.25) is 4.79 Å². The highest BCUT2D eigenvalue weighted by Gasteiger charge is 2.07. The Balaban J connectivity index is 1.94. The van der Waals surface area contributed by atoms with Crippen LogP contribution in [0.15, 0.2) is 28.9 Å². The predicted octanol–water partition coefficient (Wildman–Crippen LogP) is 4.62. The quantitative estimate of drug-likeness (QED) is 0.734. The molecule has 1 aromatic carbocycles. The molecule has 0 radical (unpaired) electrons. The summed E-state index contributed by atoms with van der Waals surface area (Å²) in [5.74, 6) is 0.151. The number of benzene rings is 1. The van der Waals surface area contributed by atoms with Crippen LogP contribution in [0.5, 0.6) is 0 Å². The van der Waals surface area contributed by atoms with Gasteiger partial charge in [0.05, 0.1) is 6.26 Å². The van der Waals surface area contributed by atoms with Gasteiger partial charge in [-0.1, -0.05) is 32.8 Å². The van der Waals surface area contributed by atoms with Crippen molar-refractivity contribution in [2.75, 3.05) is 6.54 Å². The predicted molar refractivity (Wildman–Crippen MR) is 91.1 cm³/mol. The maximum Gasteiger partial charge on any atom is 0.220 e. The Morgan fingerprint density at radius 3 is 2.73 bits per heavy atom. The third-order valence-corrected chi connectivity index (χ3v) is 4.01. The van der Waals surface area contributed by atoms with Gasteiger partial charge in [0.15, 0.2) is 0 Å². The lowest BCUT2D eigenvalue weighted by atomic mass is 10.0. The third kappa shape index (κ3) is 4.62. The maximum atomic E-state index is 11.6. The lowest BCUT2D eigenvalue weighted by Gasteiger charge is -2.04. The van der Waals surface area contributed by atoms with E-state index < -0.39 is 0 Å². The highest BCUT2D eigenvalue weighted by Crippen LogP contribution is 2.23. The van der Waals surface area contributed by atoms with Crippen molar-refractivity contribution in [3.05, 3.63) is 35.6 Å². The fraction of sp³-hybridized carbons (Fsp3) is 0.526. The maximum absolute atomic E-state index is 11.6. The van der Waals surface area contributed by atoms with Crippen molar-refractivity contribution in [1.82, 2.24) is 5.32 Å². The summed E-state index contributed by atoms with van der Waals surface area (Å²) in [6.07, 6.45) is 8.83. The zero-order valence-corrected chi connectivity index (χ0v) is 13.8. The van der Waals surface area contributed by atoms with E-state index in [0.29, 0.717) is 13.0 Å². The van der Waals surface area contributed by atoms with Crippen LogP contribution in [0.4, 0.5) is 0 Å². The number of carbonyl (C=O) groups is 1. The van der Waals surface area contributed by atoms with Gasteiger partial charge >= 0.3 is 0 Å². The molecule has 2 aromatic rings. The smallest absolute Gasteiger partial charge is 0.220 e. The zero-order valence-electron chi connectivity index (χ0n) is 13.8. The molecule has 0 saturated carbocycles. The van der Waals surface area contributed by atoms with Gasteiger partial charge in [-0.05, 0) is 48.9 Å². The zero-order chi connectivity index (χ0) is 15.8. The van der Waals surface area contributed by atoms with E-state index >= 15 is 0 Å². The molecule has 1 amide bonds. The van der Waals surface area contributed by atoms with Gasteiger partial charge in [0, 0.05) is 18.4 Å². The lowest BCUT2D eigenvalue weighted by molar-refractivity contribution is -0.121. The number of hydrogen-bond acceptors (Lipinski definition) is 2. The Labute approximate surface area is 133 Å². The first-order valence-corrected chi connectivity index (χ1v) is 8.50. The van der Waals surface area contributed by atoms with Crippen LogP contribution >= 0.6 is 0 Å². The first-order valence-electron chi connectivity index (χ1n) is 8.50. The number of unbranched alkanes of at least 4 members (excludes halogenated alkanes) is 2. The Hall–Kier alpha value is -1.77. The number of amides is 1. The molecule has 0 spiro atoms. The van der Waals surface area contributed by atoms with E-state index in [-0.39, 0.29) is 5.91 Å². The molecule has 0 fully saturated rings. The van der Waals surface area contributed by atoms with Crippen LogP contribution in [0.3, 0.4) is 0 Å². The summed E-state index contributed by atoms with van der Waals surface area (Å²) in [5.41, 5.74) is 3.49. The molecule has 22 heavy (non-hydrogen) atoms. The van der Waals surface area contributed by atoms with Gasteiger partial charge in [0.1, 0.15) is 5.58 Å². The second kappa shape index (κ2) is 8.62. The minimum atomic E-state index is 0.151. The number of rotatable bonds is 9. The van der Waals surface area contributed by atoms with Crippen LogP contribution in [-0.2, 0) is 17.6 Å². The second-order valence-electron chi connectivity index (χ2n) is 5.90. The van der Waals surface area contributed by atoms with E-state index in [9.17, 15) is 4.79 Å². The van der Waals surface area contributed by atoms with Crippen molar-refractivity contribution in [2.24, 2.45) is 0 Å². The van der Waals surface area contributed by atoms with Crippen LogP contribution in [-0.4, -0.2) is 12.5 Å². The summed E-state index contributed by atoms with van der Waals surface area (Å²) >= 11 is 0. The molecule has 120 valence electrons. The molecule has 3 nitrogen and oxygen atoms in total. The average Bonchev–Trinajstić information content (AvgIpc) is 2.93. The molecule has 1 heterocycles. The van der Waals surface area contributed by atoms with E-state index in [0.717, 1.165) is 31.3 Å². The van der Waals surface area contributed by atoms with Crippen LogP contribution < -0.4 is 5.32 Å². The molecule has 3 heteroatoms. The minimum Gasteiger partial charge on any atom is -0.464 e. The molecule has 0 aliphatic rings. The lowest BCUT2D eigenvalue weighted by Crippen LogP contribution is -2.25. The Morgan fingerprint density at radius 2 is 1.95 bits per heavy atom. The van der Waals surface area contributed by atoms with E-state index in [1.807, 2.05) is 6.26 Å². The highest BCUT2D eigenvalue weighted by molar-refractivity contribution is 5.82. The van der Waals surface area contributed by atoms with Crippen molar-refractivity contribution >= 4 is 16.9 Å². The topological polar surface area (TPSA) is 42.2 Å². The van der Waals surface area contributed by atoms with Crippen LogP contribution in [0.1, 0.15) is 57.1 Å². The molecular formula is C19H27NO2. The number of hydrogen-bond donors (Lipinski definition) is 1. The van der Waals surface area contributed by atoms with Gasteiger partial charge in [0.2, 0.25) is 5.91 Å². The summed E-state index contributed by atoms with van der Waals surface area (Å²) in [5, 5.41) is 4.18. The minimum absolute atomic E-state index is 0.151. The molecule has 0 atom stereocenters. The van der Waals surface area contributed by atoms with Crippen molar-refractivity contribution in [3.63, 3.8) is 0 Å². The van der Waals surface area contributed by atoms with E-state index in [2.05, 4.69) is 37.4 Å². The Bertz CT molecular complexity index is 601. The molecule has 1 N–H and O–H groups in total. The van der Waals surface area contributed by atoms with Gasteiger partial charge in [-0.25, -0.2) is 0 Å². The van der Waals surface area contributed by atoms with Gasteiger partial charge in [0.25, 0.3) is 0 Å². The van der Waals surface area contributed by atoms with Crippen molar-refractivity contribution in [2.45, 2.75) is 58.8 Å². The fourth-order valence-corrected chi connectivity index (χ4v) is 2.62. The summed E-state index contributed by atoms with van der Waals surface area (Å²) < 4.78 is 5.62. The fourth-order valence-electron chi connectivity index (χ4n) is 2.62. The Morgan fingerprint density at radius 1 is 1.14 bits per heavy atom. The molecule has 0 unspecified atom stereocenters. The largest absolute Gasteiger partial charge is 0.464 e.